The van der Waals surface area contributed by atoms with Crippen LogP contribution in [0, 0.1) is 0 Å². The fraction of sp³-hybridized carbons (Fsp3) is 0.455. The van der Waals surface area contributed by atoms with Crippen molar-refractivity contribution >= 4 is 17.1 Å². The van der Waals surface area contributed by atoms with Crippen LogP contribution in [-0.2, 0) is 16.2 Å². The van der Waals surface area contributed by atoms with Crippen molar-refractivity contribution < 1.29 is 0 Å². The number of rotatable bonds is 2. The Morgan fingerprint density at radius 2 is 1.05 bits per heavy atom. The van der Waals surface area contributed by atoms with Crippen LogP contribution in [-0.4, -0.2) is 74.0 Å². The molecule has 9 rings (SSSR count). The second-order valence-corrected chi connectivity index (χ2v) is 13.1. The summed E-state index contributed by atoms with van der Waals surface area (Å²) in [6, 6.07) is 25.5. The molecule has 0 aromatic heterocycles. The SMILES string of the molecule is CN1CC[C@]2([C@@]34CCN(C)[C@@H]3Nc3ccccc34)c3cccc([C@]45CCN(C)[C@@H]4Nc4ccccc45)c3N[C@H]12. The minimum atomic E-state index is -0.0581. The van der Waals surface area contributed by atoms with Crippen molar-refractivity contribution in [2.45, 2.75) is 54.0 Å². The molecule has 3 aromatic rings. The molecular formula is C33H38N6. The lowest BCUT2D eigenvalue weighted by Gasteiger charge is -2.48. The number of fused-ring (bicyclic) bond motifs is 10. The summed E-state index contributed by atoms with van der Waals surface area (Å²) in [5, 5.41) is 12.2. The number of likely N-dealkylation sites (N-methyl/N-ethyl adjacent to an activating group) is 3. The van der Waals surface area contributed by atoms with Crippen molar-refractivity contribution in [3.63, 3.8) is 0 Å². The van der Waals surface area contributed by atoms with Crippen molar-refractivity contribution in [3.8, 4) is 0 Å². The van der Waals surface area contributed by atoms with Gasteiger partial charge in [-0.05, 0) is 74.8 Å². The molecule has 0 spiro atoms. The third kappa shape index (κ3) is 2.39. The van der Waals surface area contributed by atoms with E-state index in [0.29, 0.717) is 6.17 Å². The monoisotopic (exact) mass is 518 g/mol. The quantitative estimate of drug-likeness (QED) is 0.467. The molecule has 3 N–H and O–H groups in total. The predicted octanol–water partition coefficient (Wildman–Crippen LogP) is 4.41. The summed E-state index contributed by atoms with van der Waals surface area (Å²) in [7, 11) is 6.93. The molecule has 6 nitrogen and oxygen atoms in total. The van der Waals surface area contributed by atoms with Crippen LogP contribution in [0.3, 0.4) is 0 Å². The van der Waals surface area contributed by atoms with Crippen LogP contribution < -0.4 is 16.0 Å². The summed E-state index contributed by atoms with van der Waals surface area (Å²) in [4.78, 5) is 7.70. The van der Waals surface area contributed by atoms with E-state index in [4.69, 9.17) is 0 Å². The first-order valence-corrected chi connectivity index (χ1v) is 14.8. The van der Waals surface area contributed by atoms with E-state index in [-0.39, 0.29) is 28.6 Å². The maximum absolute atomic E-state index is 4.25. The van der Waals surface area contributed by atoms with Gasteiger partial charge in [-0.1, -0.05) is 54.6 Å². The van der Waals surface area contributed by atoms with Crippen LogP contribution in [0.25, 0.3) is 0 Å². The van der Waals surface area contributed by atoms with E-state index in [1.807, 2.05) is 0 Å². The number of nitrogens with zero attached hydrogens (tertiary/aromatic N) is 3. The summed E-state index contributed by atoms with van der Waals surface area (Å²) in [5.74, 6) is 0. The Labute approximate surface area is 231 Å². The molecule has 6 heterocycles. The van der Waals surface area contributed by atoms with Gasteiger partial charge in [0, 0.05) is 47.5 Å². The second-order valence-electron chi connectivity index (χ2n) is 13.1. The molecule has 6 aliphatic rings. The molecule has 3 aromatic carbocycles. The molecule has 0 radical (unpaired) electrons. The van der Waals surface area contributed by atoms with Crippen LogP contribution in [0.5, 0.6) is 0 Å². The Morgan fingerprint density at radius 3 is 1.82 bits per heavy atom. The van der Waals surface area contributed by atoms with Gasteiger partial charge in [-0.2, -0.15) is 0 Å². The molecule has 0 bridgehead atoms. The lowest BCUT2D eigenvalue weighted by atomic mass is 9.54. The van der Waals surface area contributed by atoms with Gasteiger partial charge in [0.15, 0.2) is 0 Å². The number of benzene rings is 3. The normalized spacial score (nSPS) is 37.9. The zero-order chi connectivity index (χ0) is 26.1. The molecule has 39 heavy (non-hydrogen) atoms. The van der Waals surface area contributed by atoms with Gasteiger partial charge in [-0.25, -0.2) is 0 Å². The van der Waals surface area contributed by atoms with Crippen LogP contribution >= 0.6 is 0 Å². The summed E-state index contributed by atoms with van der Waals surface area (Å²) >= 11 is 0. The maximum Gasteiger partial charge on any atom is 0.0933 e. The number of nitrogens with one attached hydrogen (secondary N) is 3. The third-order valence-electron chi connectivity index (χ3n) is 11.8. The highest BCUT2D eigenvalue weighted by molar-refractivity contribution is 5.78. The molecule has 0 amide bonds. The van der Waals surface area contributed by atoms with Crippen molar-refractivity contribution in [2.75, 3.05) is 56.7 Å². The smallest absolute Gasteiger partial charge is 0.0933 e. The van der Waals surface area contributed by atoms with Gasteiger partial charge >= 0.3 is 0 Å². The zero-order valence-electron chi connectivity index (χ0n) is 23.2. The van der Waals surface area contributed by atoms with Crippen molar-refractivity contribution in [3.05, 3.63) is 89.0 Å². The second kappa shape index (κ2) is 7.36. The maximum atomic E-state index is 4.25. The molecule has 6 atom stereocenters. The van der Waals surface area contributed by atoms with E-state index < -0.39 is 0 Å². The molecule has 3 fully saturated rings. The van der Waals surface area contributed by atoms with E-state index >= 15 is 0 Å². The largest absolute Gasteiger partial charge is 0.369 e. The van der Waals surface area contributed by atoms with Crippen molar-refractivity contribution in [2.24, 2.45) is 0 Å². The van der Waals surface area contributed by atoms with Crippen LogP contribution in [0.15, 0.2) is 66.7 Å². The van der Waals surface area contributed by atoms with E-state index in [9.17, 15) is 0 Å². The predicted molar refractivity (Wildman–Crippen MR) is 157 cm³/mol. The molecule has 0 aliphatic carbocycles. The van der Waals surface area contributed by atoms with Crippen LogP contribution in [0.2, 0.25) is 0 Å². The summed E-state index contributed by atoms with van der Waals surface area (Å²) < 4.78 is 0. The molecule has 3 saturated heterocycles. The van der Waals surface area contributed by atoms with Gasteiger partial charge < -0.3 is 16.0 Å². The van der Waals surface area contributed by atoms with Gasteiger partial charge in [-0.3, -0.25) is 14.7 Å². The van der Waals surface area contributed by atoms with E-state index in [2.05, 4.69) is 119 Å². The van der Waals surface area contributed by atoms with Crippen LogP contribution in [0.4, 0.5) is 17.1 Å². The van der Waals surface area contributed by atoms with Gasteiger partial charge in [0.2, 0.25) is 0 Å². The molecular weight excluding hydrogens is 480 g/mol. The lowest BCUT2D eigenvalue weighted by Crippen LogP contribution is -2.60. The highest BCUT2D eigenvalue weighted by Gasteiger charge is 2.71. The number of hydrogen-bond acceptors (Lipinski definition) is 6. The van der Waals surface area contributed by atoms with Gasteiger partial charge in [0.25, 0.3) is 0 Å². The van der Waals surface area contributed by atoms with Crippen LogP contribution in [0.1, 0.15) is 41.5 Å². The first-order valence-electron chi connectivity index (χ1n) is 14.8. The van der Waals surface area contributed by atoms with E-state index in [1.54, 1.807) is 5.56 Å². The highest BCUT2D eigenvalue weighted by Crippen LogP contribution is 2.67. The lowest BCUT2D eigenvalue weighted by molar-refractivity contribution is 0.147. The fourth-order valence-electron chi connectivity index (χ4n) is 10.3. The van der Waals surface area contributed by atoms with Crippen molar-refractivity contribution in [1.82, 2.24) is 14.7 Å². The number of para-hydroxylation sites is 3. The minimum absolute atomic E-state index is 0.00961. The van der Waals surface area contributed by atoms with E-state index in [0.717, 1.165) is 26.1 Å². The average molecular weight is 519 g/mol. The first-order chi connectivity index (χ1) is 19.0. The average Bonchev–Trinajstić information content (AvgIpc) is 3.76. The summed E-state index contributed by atoms with van der Waals surface area (Å²) in [6.07, 6.45) is 4.32. The first kappa shape index (κ1) is 22.7. The number of anilines is 3. The summed E-state index contributed by atoms with van der Waals surface area (Å²) in [6.45, 7) is 3.33. The number of likely N-dealkylation sites (tertiary alicyclic amines) is 3. The van der Waals surface area contributed by atoms with E-state index in [1.165, 1.54) is 46.6 Å². The molecule has 6 aliphatic heterocycles. The Kier molecular flexibility index (Phi) is 4.29. The topological polar surface area (TPSA) is 45.8 Å². The van der Waals surface area contributed by atoms with Gasteiger partial charge in [0.05, 0.1) is 23.9 Å². The number of hydrogen-bond donors (Lipinski definition) is 3. The fourth-order valence-corrected chi connectivity index (χ4v) is 10.3. The molecule has 200 valence electrons. The Hall–Kier alpha value is -3.06. The molecule has 0 saturated carbocycles. The summed E-state index contributed by atoms with van der Waals surface area (Å²) in [5.41, 5.74) is 9.96. The standard InChI is InChI=1S/C33H38N6/c1-37-18-15-31(21-9-4-6-13-25(21)34-28(31)37)23-11-8-12-24-27(23)36-30-33(24,17-20-39(30)3)32-16-19-38(2)29(32)35-26-14-7-5-10-22(26)32/h4-14,28-30,34-36H,15-20H2,1-3H3/t28-,29-,30+,31+,32+,33-/m0/s1. The zero-order valence-corrected chi connectivity index (χ0v) is 23.2. The van der Waals surface area contributed by atoms with Gasteiger partial charge in [0.1, 0.15) is 0 Å². The Morgan fingerprint density at radius 1 is 0.538 bits per heavy atom. The molecule has 0 unspecified atom stereocenters. The van der Waals surface area contributed by atoms with Gasteiger partial charge in [-0.15, -0.1) is 0 Å². The Balaban J connectivity index is 1.31. The highest BCUT2D eigenvalue weighted by atomic mass is 15.4. The molecule has 6 heteroatoms. The third-order valence-corrected chi connectivity index (χ3v) is 11.8. The van der Waals surface area contributed by atoms with Crippen molar-refractivity contribution in [1.29, 1.82) is 0 Å². The Bertz CT molecular complexity index is 1520. The minimum Gasteiger partial charge on any atom is -0.369 e.